The van der Waals surface area contributed by atoms with Gasteiger partial charge < -0.3 is 0 Å². The minimum absolute atomic E-state index is 0.639. The van der Waals surface area contributed by atoms with Crippen molar-refractivity contribution in [1.82, 2.24) is 0 Å². The van der Waals surface area contributed by atoms with Gasteiger partial charge in [0.2, 0.25) is 0 Å². The molecule has 0 aromatic heterocycles. The lowest BCUT2D eigenvalue weighted by Crippen LogP contribution is -2.11. The second-order valence-corrected chi connectivity index (χ2v) is 6.10. The summed E-state index contributed by atoms with van der Waals surface area (Å²) in [7, 11) is 0. The van der Waals surface area contributed by atoms with Crippen LogP contribution in [0.25, 0.3) is 5.57 Å². The van der Waals surface area contributed by atoms with Crippen LogP contribution in [0.2, 0.25) is 5.02 Å². The van der Waals surface area contributed by atoms with Gasteiger partial charge in [-0.15, -0.1) is 11.6 Å². The summed E-state index contributed by atoms with van der Waals surface area (Å²) in [5.74, 6) is 0.680. The van der Waals surface area contributed by atoms with E-state index >= 15 is 0 Å². The summed E-state index contributed by atoms with van der Waals surface area (Å²) >= 11 is 12.1. The van der Waals surface area contributed by atoms with E-state index in [0.29, 0.717) is 11.3 Å². The Kier molecular flexibility index (Phi) is 2.96. The molecule has 1 saturated carbocycles. The van der Waals surface area contributed by atoms with E-state index in [4.69, 9.17) is 23.2 Å². The number of hydrogen-bond donors (Lipinski definition) is 0. The lowest BCUT2D eigenvalue weighted by molar-refractivity contribution is 0.452. The second-order valence-electron chi connectivity index (χ2n) is 5.40. The van der Waals surface area contributed by atoms with Crippen LogP contribution in [0.4, 0.5) is 0 Å². The lowest BCUT2D eigenvalue weighted by atomic mass is 9.80. The van der Waals surface area contributed by atoms with E-state index in [0.717, 1.165) is 5.02 Å². The zero-order valence-corrected chi connectivity index (χ0v) is 11.3. The minimum atomic E-state index is 0.639. The highest BCUT2D eigenvalue weighted by Crippen LogP contribution is 2.58. The molecule has 1 aromatic carbocycles. The molecule has 0 heterocycles. The molecule has 2 heteroatoms. The fraction of sp³-hybridized carbons (Fsp3) is 0.467. The van der Waals surface area contributed by atoms with Crippen LogP contribution in [0, 0.1) is 5.41 Å². The Hall–Kier alpha value is -0.460. The summed E-state index contributed by atoms with van der Waals surface area (Å²) < 4.78 is 0. The van der Waals surface area contributed by atoms with Crippen LogP contribution in [0.5, 0.6) is 0 Å². The first kappa shape index (κ1) is 11.6. The summed E-state index contributed by atoms with van der Waals surface area (Å²) in [6, 6.07) is 8.18. The molecule has 1 aromatic rings. The molecule has 0 aliphatic heterocycles. The largest absolute Gasteiger partial charge is 0.122 e. The molecule has 2 aliphatic carbocycles. The van der Waals surface area contributed by atoms with Crippen molar-refractivity contribution < 1.29 is 0 Å². The zero-order valence-electron chi connectivity index (χ0n) is 9.81. The molecule has 0 nitrogen and oxygen atoms in total. The van der Waals surface area contributed by atoms with Gasteiger partial charge in [-0.2, -0.15) is 0 Å². The van der Waals surface area contributed by atoms with Gasteiger partial charge in [-0.25, -0.2) is 0 Å². The number of alkyl halides is 1. The van der Waals surface area contributed by atoms with Gasteiger partial charge in [-0.3, -0.25) is 0 Å². The molecule has 17 heavy (non-hydrogen) atoms. The number of benzene rings is 1. The van der Waals surface area contributed by atoms with Gasteiger partial charge >= 0.3 is 0 Å². The third-order valence-electron chi connectivity index (χ3n) is 4.23. The molecule has 2 aliphatic rings. The first-order valence-electron chi connectivity index (χ1n) is 6.25. The highest BCUT2D eigenvalue weighted by atomic mass is 35.5. The molecule has 0 unspecified atom stereocenters. The van der Waals surface area contributed by atoms with Crippen molar-refractivity contribution in [3.8, 4) is 0 Å². The molecular weight excluding hydrogens is 251 g/mol. The predicted molar refractivity (Wildman–Crippen MR) is 74.6 cm³/mol. The summed E-state index contributed by atoms with van der Waals surface area (Å²) in [5, 5.41) is 0.802. The predicted octanol–water partition coefficient (Wildman–Crippen LogP) is 5.30. The Bertz CT molecular complexity index is 452. The Morgan fingerprint density at radius 2 is 1.76 bits per heavy atom. The fourth-order valence-corrected chi connectivity index (χ4v) is 3.33. The van der Waals surface area contributed by atoms with Crippen LogP contribution in [0.15, 0.2) is 29.8 Å². The topological polar surface area (TPSA) is 0 Å². The number of allylic oxidation sites excluding steroid dienone is 2. The molecule has 0 atom stereocenters. The maximum atomic E-state index is 6.13. The Balaban J connectivity index is 1.94. The van der Waals surface area contributed by atoms with Gasteiger partial charge in [0.15, 0.2) is 0 Å². The van der Waals surface area contributed by atoms with Crippen molar-refractivity contribution in [2.45, 2.75) is 32.1 Å². The summed E-state index contributed by atoms with van der Waals surface area (Å²) in [5.41, 5.74) is 4.87. The van der Waals surface area contributed by atoms with Gasteiger partial charge in [0.1, 0.15) is 0 Å². The number of rotatable bonds is 2. The van der Waals surface area contributed by atoms with Crippen LogP contribution in [-0.4, -0.2) is 5.88 Å². The van der Waals surface area contributed by atoms with E-state index in [1.165, 1.54) is 48.8 Å². The molecule has 1 spiro atoms. The average Bonchev–Trinajstić information content (AvgIpc) is 3.10. The van der Waals surface area contributed by atoms with E-state index in [1.54, 1.807) is 0 Å². The standard InChI is InChI=1S/C15H16Cl2/c16-10-12-9-15(7-8-15)6-5-14(12)11-1-3-13(17)4-2-11/h1-4H,5-10H2. The van der Waals surface area contributed by atoms with Crippen LogP contribution >= 0.6 is 23.2 Å². The fourth-order valence-electron chi connectivity index (χ4n) is 2.95. The third-order valence-corrected chi connectivity index (χ3v) is 4.81. The molecule has 0 radical (unpaired) electrons. The lowest BCUT2D eigenvalue weighted by Gasteiger charge is -2.26. The smallest absolute Gasteiger partial charge is 0.0439 e. The molecule has 3 rings (SSSR count). The molecule has 90 valence electrons. The highest BCUT2D eigenvalue weighted by molar-refractivity contribution is 6.30. The van der Waals surface area contributed by atoms with Crippen molar-refractivity contribution in [2.24, 2.45) is 5.41 Å². The summed E-state index contributed by atoms with van der Waals surface area (Å²) in [6.45, 7) is 0. The third kappa shape index (κ3) is 2.26. The second kappa shape index (κ2) is 4.33. The van der Waals surface area contributed by atoms with E-state index in [-0.39, 0.29) is 0 Å². The SMILES string of the molecule is ClCC1=C(c2ccc(Cl)cc2)CCC2(CC2)C1. The maximum absolute atomic E-state index is 6.13. The molecule has 0 bridgehead atoms. The Labute approximate surface area is 113 Å². The van der Waals surface area contributed by atoms with Gasteiger partial charge in [-0.1, -0.05) is 29.3 Å². The molecule has 0 N–H and O–H groups in total. The van der Waals surface area contributed by atoms with Crippen molar-refractivity contribution in [2.75, 3.05) is 5.88 Å². The van der Waals surface area contributed by atoms with E-state index in [1.807, 2.05) is 12.1 Å². The molecule has 0 saturated heterocycles. The van der Waals surface area contributed by atoms with Crippen LogP contribution in [0.3, 0.4) is 0 Å². The van der Waals surface area contributed by atoms with Gasteiger partial charge in [0.25, 0.3) is 0 Å². The number of halogens is 2. The van der Waals surface area contributed by atoms with Crippen molar-refractivity contribution in [1.29, 1.82) is 0 Å². The van der Waals surface area contributed by atoms with E-state index < -0.39 is 0 Å². The van der Waals surface area contributed by atoms with Crippen molar-refractivity contribution in [3.63, 3.8) is 0 Å². The minimum Gasteiger partial charge on any atom is -0.122 e. The quantitative estimate of drug-likeness (QED) is 0.638. The maximum Gasteiger partial charge on any atom is 0.0439 e. The zero-order chi connectivity index (χ0) is 11.9. The average molecular weight is 267 g/mol. The highest BCUT2D eigenvalue weighted by Gasteiger charge is 2.44. The van der Waals surface area contributed by atoms with Crippen molar-refractivity contribution >= 4 is 28.8 Å². The summed E-state index contributed by atoms with van der Waals surface area (Å²) in [6.07, 6.45) is 6.55. The van der Waals surface area contributed by atoms with Gasteiger partial charge in [-0.05, 0) is 60.8 Å². The van der Waals surface area contributed by atoms with Crippen LogP contribution in [-0.2, 0) is 0 Å². The molecule has 1 fully saturated rings. The number of hydrogen-bond acceptors (Lipinski definition) is 0. The Morgan fingerprint density at radius 1 is 1.06 bits per heavy atom. The van der Waals surface area contributed by atoms with Gasteiger partial charge in [0, 0.05) is 10.9 Å². The Morgan fingerprint density at radius 3 is 2.35 bits per heavy atom. The molecule has 0 amide bonds. The first-order valence-corrected chi connectivity index (χ1v) is 7.16. The van der Waals surface area contributed by atoms with E-state index in [9.17, 15) is 0 Å². The first-order chi connectivity index (χ1) is 8.22. The van der Waals surface area contributed by atoms with Crippen LogP contribution in [0.1, 0.15) is 37.7 Å². The van der Waals surface area contributed by atoms with Gasteiger partial charge in [0.05, 0.1) is 0 Å². The normalized spacial score (nSPS) is 22.0. The monoisotopic (exact) mass is 266 g/mol. The van der Waals surface area contributed by atoms with Crippen LogP contribution < -0.4 is 0 Å². The van der Waals surface area contributed by atoms with E-state index in [2.05, 4.69) is 12.1 Å². The van der Waals surface area contributed by atoms with Crippen molar-refractivity contribution in [3.05, 3.63) is 40.4 Å². The molecular formula is C15H16Cl2. The summed E-state index contributed by atoms with van der Waals surface area (Å²) in [4.78, 5) is 0.